The van der Waals surface area contributed by atoms with Crippen LogP contribution in [0.1, 0.15) is 37.5 Å². The molecule has 0 radical (unpaired) electrons. The smallest absolute Gasteiger partial charge is 0.416 e. The summed E-state index contributed by atoms with van der Waals surface area (Å²) in [7, 11) is 1.16. The second-order valence-corrected chi connectivity index (χ2v) is 11.4. The van der Waals surface area contributed by atoms with Gasteiger partial charge < -0.3 is 9.47 Å². The Morgan fingerprint density at radius 1 is 1.15 bits per heavy atom. The van der Waals surface area contributed by atoms with Crippen LogP contribution in [0.5, 0.6) is 0 Å². The molecule has 2 aromatic carbocycles. The Morgan fingerprint density at radius 3 is 2.52 bits per heavy atom. The quantitative estimate of drug-likeness (QED) is 0.239. The summed E-state index contributed by atoms with van der Waals surface area (Å²) in [6.45, 7) is 4.96. The predicted molar refractivity (Wildman–Crippen MR) is 145 cm³/mol. The van der Waals surface area contributed by atoms with Crippen molar-refractivity contribution < 1.29 is 37.0 Å². The maximum absolute atomic E-state index is 13.5. The SMILES string of the molecule is COC(=O)[C@H](COC(C)(C)C)N1C(=O)SC(=Cc2ccc3c(cnn3Cc3ccc(Cl)cc3C(F)(F)F)c2)C1=O. The number of carbonyl (C=O) groups excluding carboxylic acids is 3. The van der Waals surface area contributed by atoms with Crippen LogP contribution in [-0.2, 0) is 31.8 Å². The van der Waals surface area contributed by atoms with E-state index in [4.69, 9.17) is 21.1 Å². The molecule has 0 N–H and O–H groups in total. The number of aromatic nitrogens is 2. The number of esters is 1. The van der Waals surface area contributed by atoms with Gasteiger partial charge in [-0.05, 0) is 74.0 Å². The number of methoxy groups -OCH3 is 1. The van der Waals surface area contributed by atoms with E-state index in [9.17, 15) is 27.6 Å². The molecule has 13 heteroatoms. The molecule has 1 aliphatic rings. The first kappa shape index (κ1) is 29.6. The topological polar surface area (TPSA) is 90.7 Å². The largest absolute Gasteiger partial charge is 0.467 e. The molecule has 1 saturated heterocycles. The molecule has 0 aliphatic carbocycles. The van der Waals surface area contributed by atoms with Crippen LogP contribution in [0.15, 0.2) is 47.5 Å². The number of hydrogen-bond donors (Lipinski definition) is 0. The predicted octanol–water partition coefficient (Wildman–Crippen LogP) is 6.15. The number of rotatable bonds is 7. The van der Waals surface area contributed by atoms with E-state index in [0.29, 0.717) is 28.2 Å². The zero-order valence-corrected chi connectivity index (χ0v) is 23.5. The molecule has 0 unspecified atom stereocenters. The van der Waals surface area contributed by atoms with Crippen molar-refractivity contribution in [3.05, 3.63) is 69.2 Å². The van der Waals surface area contributed by atoms with Gasteiger partial charge in [-0.3, -0.25) is 19.2 Å². The first-order chi connectivity index (χ1) is 18.7. The molecule has 0 spiro atoms. The van der Waals surface area contributed by atoms with Crippen molar-refractivity contribution in [2.24, 2.45) is 0 Å². The number of nitrogens with zero attached hydrogens (tertiary/aromatic N) is 3. The minimum absolute atomic E-state index is 0.00949. The van der Waals surface area contributed by atoms with Crippen LogP contribution in [0, 0.1) is 0 Å². The fraction of sp³-hybridized carbons (Fsp3) is 0.333. The zero-order chi connectivity index (χ0) is 29.4. The molecule has 212 valence electrons. The molecule has 2 heterocycles. The van der Waals surface area contributed by atoms with E-state index in [-0.39, 0.29) is 28.6 Å². The molecule has 40 heavy (non-hydrogen) atoms. The maximum Gasteiger partial charge on any atom is 0.416 e. The number of halogens is 4. The number of benzene rings is 2. The number of hydrogen-bond acceptors (Lipinski definition) is 7. The highest BCUT2D eigenvalue weighted by Gasteiger charge is 2.44. The molecule has 4 rings (SSSR count). The van der Waals surface area contributed by atoms with Gasteiger partial charge in [0.25, 0.3) is 11.1 Å². The first-order valence-electron chi connectivity index (χ1n) is 12.0. The third-order valence-corrected chi connectivity index (χ3v) is 7.06. The van der Waals surface area contributed by atoms with Crippen molar-refractivity contribution in [2.75, 3.05) is 13.7 Å². The normalized spacial score (nSPS) is 16.3. The van der Waals surface area contributed by atoms with Crippen LogP contribution in [0.3, 0.4) is 0 Å². The number of ether oxygens (including phenoxy) is 2. The van der Waals surface area contributed by atoms with Gasteiger partial charge in [0.2, 0.25) is 0 Å². The fourth-order valence-corrected chi connectivity index (χ4v) is 5.10. The molecular weight excluding hydrogens is 571 g/mol. The summed E-state index contributed by atoms with van der Waals surface area (Å²) >= 11 is 6.46. The van der Waals surface area contributed by atoms with Crippen molar-refractivity contribution >= 4 is 57.5 Å². The summed E-state index contributed by atoms with van der Waals surface area (Å²) in [6.07, 6.45) is -1.58. The highest BCUT2D eigenvalue weighted by Crippen LogP contribution is 2.36. The Hall–Kier alpha value is -3.35. The lowest BCUT2D eigenvalue weighted by Crippen LogP contribution is -2.48. The molecular formula is C27H25ClF3N3O5S. The molecule has 1 aliphatic heterocycles. The molecule has 3 aromatic rings. The van der Waals surface area contributed by atoms with E-state index < -0.39 is 40.5 Å². The summed E-state index contributed by atoms with van der Waals surface area (Å²) in [5.41, 5.74) is -0.325. The van der Waals surface area contributed by atoms with Gasteiger partial charge >= 0.3 is 12.1 Å². The fourth-order valence-electron chi connectivity index (χ4n) is 4.05. The summed E-state index contributed by atoms with van der Waals surface area (Å²) in [6, 6.07) is 7.35. The van der Waals surface area contributed by atoms with Crippen LogP contribution in [-0.4, -0.2) is 57.2 Å². The Labute approximate surface area is 237 Å². The van der Waals surface area contributed by atoms with Gasteiger partial charge in [-0.2, -0.15) is 18.3 Å². The molecule has 1 aromatic heterocycles. The minimum atomic E-state index is -4.58. The van der Waals surface area contributed by atoms with Gasteiger partial charge in [-0.25, -0.2) is 4.79 Å². The van der Waals surface area contributed by atoms with Crippen molar-refractivity contribution in [2.45, 2.75) is 45.1 Å². The third kappa shape index (κ3) is 6.51. The summed E-state index contributed by atoms with van der Waals surface area (Å²) in [4.78, 5) is 39.2. The van der Waals surface area contributed by atoms with Gasteiger partial charge in [-0.1, -0.05) is 23.7 Å². The van der Waals surface area contributed by atoms with Gasteiger partial charge in [0, 0.05) is 10.4 Å². The van der Waals surface area contributed by atoms with Crippen molar-refractivity contribution in [3.63, 3.8) is 0 Å². The molecule has 0 saturated carbocycles. The molecule has 2 amide bonds. The number of carbonyl (C=O) groups is 3. The monoisotopic (exact) mass is 595 g/mol. The second-order valence-electron chi connectivity index (χ2n) is 9.93. The lowest BCUT2D eigenvalue weighted by Gasteiger charge is -2.27. The van der Waals surface area contributed by atoms with Crippen LogP contribution in [0.2, 0.25) is 5.02 Å². The van der Waals surface area contributed by atoms with Gasteiger partial charge in [-0.15, -0.1) is 0 Å². The maximum atomic E-state index is 13.5. The molecule has 8 nitrogen and oxygen atoms in total. The number of alkyl halides is 3. The number of amides is 2. The van der Waals surface area contributed by atoms with E-state index in [1.54, 1.807) is 39.0 Å². The molecule has 1 atom stereocenters. The number of thioether (sulfide) groups is 1. The standard InChI is InChI=1S/C27H25ClF3N3O5S/c1-26(2,3)39-14-21(24(36)38-4)34-23(35)22(40-25(34)37)10-15-5-8-20-17(9-15)12-32-33(20)13-16-6-7-18(28)11-19(16)27(29,30)31/h5-12,21H,13-14H2,1-4H3/t21-/m0/s1. The average Bonchev–Trinajstić information content (AvgIpc) is 3.38. The van der Waals surface area contributed by atoms with E-state index >= 15 is 0 Å². The molecule has 1 fully saturated rings. The average molecular weight is 596 g/mol. The van der Waals surface area contributed by atoms with E-state index in [1.807, 2.05) is 0 Å². The van der Waals surface area contributed by atoms with Gasteiger partial charge in [0.1, 0.15) is 0 Å². The summed E-state index contributed by atoms with van der Waals surface area (Å²) < 4.78 is 52.5. The third-order valence-electron chi connectivity index (χ3n) is 5.94. The lowest BCUT2D eigenvalue weighted by atomic mass is 10.1. The highest BCUT2D eigenvalue weighted by molar-refractivity contribution is 8.18. The highest BCUT2D eigenvalue weighted by atomic mass is 35.5. The van der Waals surface area contributed by atoms with Crippen LogP contribution < -0.4 is 0 Å². The van der Waals surface area contributed by atoms with E-state index in [0.717, 1.165) is 18.1 Å². The van der Waals surface area contributed by atoms with Crippen LogP contribution in [0.4, 0.5) is 18.0 Å². The Kier molecular flexibility index (Phi) is 8.34. The Balaban J connectivity index is 1.59. The first-order valence-corrected chi connectivity index (χ1v) is 13.2. The Morgan fingerprint density at radius 2 is 1.88 bits per heavy atom. The van der Waals surface area contributed by atoms with Crippen molar-refractivity contribution in [1.29, 1.82) is 0 Å². The summed E-state index contributed by atoms with van der Waals surface area (Å²) in [5.74, 6) is -1.45. The van der Waals surface area contributed by atoms with Crippen molar-refractivity contribution in [3.8, 4) is 0 Å². The molecule has 0 bridgehead atoms. The lowest BCUT2D eigenvalue weighted by molar-refractivity contribution is -0.153. The second kappa shape index (κ2) is 11.3. The van der Waals surface area contributed by atoms with Gasteiger partial charge in [0.15, 0.2) is 6.04 Å². The Bertz CT molecular complexity index is 1510. The van der Waals surface area contributed by atoms with E-state index in [1.165, 1.54) is 29.1 Å². The van der Waals surface area contributed by atoms with Crippen LogP contribution in [0.25, 0.3) is 17.0 Å². The van der Waals surface area contributed by atoms with Gasteiger partial charge in [0.05, 0.1) is 48.0 Å². The number of fused-ring (bicyclic) bond motifs is 1. The van der Waals surface area contributed by atoms with Crippen LogP contribution >= 0.6 is 23.4 Å². The zero-order valence-electron chi connectivity index (χ0n) is 21.9. The van der Waals surface area contributed by atoms with E-state index in [2.05, 4.69) is 5.10 Å². The van der Waals surface area contributed by atoms with Crippen molar-refractivity contribution in [1.82, 2.24) is 14.7 Å². The number of imide groups is 1. The minimum Gasteiger partial charge on any atom is -0.467 e. The summed E-state index contributed by atoms with van der Waals surface area (Å²) in [5, 5.41) is 4.19.